The summed E-state index contributed by atoms with van der Waals surface area (Å²) in [5, 5.41) is 0. The minimum Gasteiger partial charge on any atom is -0.458 e. The minimum atomic E-state index is -0.224. The zero-order valence-corrected chi connectivity index (χ0v) is 16.1. The fourth-order valence-electron chi connectivity index (χ4n) is 3.52. The molecule has 0 aromatic carbocycles. The molecule has 1 unspecified atom stereocenters. The van der Waals surface area contributed by atoms with Crippen molar-refractivity contribution in [3.63, 3.8) is 0 Å². The second kappa shape index (κ2) is 13.9. The first kappa shape index (κ1) is 21.7. The zero-order chi connectivity index (χ0) is 18.3. The second-order valence-electron chi connectivity index (χ2n) is 7.22. The maximum atomic E-state index is 11.3. The molecular weight excluding hydrogens is 312 g/mol. The molecule has 0 saturated heterocycles. The monoisotopic (exact) mass is 348 g/mol. The fraction of sp³-hybridized carbons (Fsp3) is 0.727. The Hall–Kier alpha value is -1.38. The highest BCUT2D eigenvalue weighted by Gasteiger charge is 2.21. The van der Waals surface area contributed by atoms with Crippen LogP contribution in [0, 0.1) is 11.8 Å². The van der Waals surface area contributed by atoms with Crippen LogP contribution in [0.2, 0.25) is 0 Å². The molecule has 0 amide bonds. The first-order valence-corrected chi connectivity index (χ1v) is 10.1. The Bertz CT molecular complexity index is 425. The molecule has 0 aromatic rings. The SMILES string of the molecule is CCCCCCCCC(/C=C/C=C/[C@H]1CCCC[C@H]1C=O)OC(C)=O. The molecule has 1 saturated carbocycles. The first-order chi connectivity index (χ1) is 12.2. The molecule has 0 aromatic heterocycles. The Morgan fingerprint density at radius 1 is 1.04 bits per heavy atom. The van der Waals surface area contributed by atoms with Crippen molar-refractivity contribution in [2.24, 2.45) is 11.8 Å². The Kier molecular flexibility index (Phi) is 12.0. The van der Waals surface area contributed by atoms with Crippen LogP contribution in [0.1, 0.15) is 84.5 Å². The number of ether oxygens (including phenoxy) is 1. The Morgan fingerprint density at radius 3 is 2.40 bits per heavy atom. The van der Waals surface area contributed by atoms with Gasteiger partial charge in [-0.25, -0.2) is 0 Å². The van der Waals surface area contributed by atoms with Crippen LogP contribution in [0.5, 0.6) is 0 Å². The zero-order valence-electron chi connectivity index (χ0n) is 16.1. The van der Waals surface area contributed by atoms with Gasteiger partial charge in [0, 0.05) is 12.8 Å². The van der Waals surface area contributed by atoms with E-state index in [0.29, 0.717) is 5.92 Å². The Morgan fingerprint density at radius 2 is 1.72 bits per heavy atom. The Labute approximate surface area is 153 Å². The van der Waals surface area contributed by atoms with E-state index < -0.39 is 0 Å². The van der Waals surface area contributed by atoms with Crippen LogP contribution in [0.4, 0.5) is 0 Å². The highest BCUT2D eigenvalue weighted by Crippen LogP contribution is 2.29. The summed E-state index contributed by atoms with van der Waals surface area (Å²) in [5.41, 5.74) is 0. The number of hydrogen-bond donors (Lipinski definition) is 0. The highest BCUT2D eigenvalue weighted by molar-refractivity contribution is 5.66. The van der Waals surface area contributed by atoms with Crippen molar-refractivity contribution in [3.05, 3.63) is 24.3 Å². The molecule has 1 rings (SSSR count). The van der Waals surface area contributed by atoms with Crippen molar-refractivity contribution in [1.29, 1.82) is 0 Å². The molecule has 1 aliphatic carbocycles. The van der Waals surface area contributed by atoms with Gasteiger partial charge in [0.2, 0.25) is 0 Å². The topological polar surface area (TPSA) is 43.4 Å². The largest absolute Gasteiger partial charge is 0.458 e. The summed E-state index contributed by atoms with van der Waals surface area (Å²) in [6.07, 6.45) is 21.9. The van der Waals surface area contributed by atoms with Crippen LogP contribution in [-0.4, -0.2) is 18.4 Å². The van der Waals surface area contributed by atoms with Crippen molar-refractivity contribution in [1.82, 2.24) is 0 Å². The van der Waals surface area contributed by atoms with Crippen molar-refractivity contribution >= 4 is 12.3 Å². The third-order valence-corrected chi connectivity index (χ3v) is 5.00. The number of allylic oxidation sites excluding steroid dienone is 3. The summed E-state index contributed by atoms with van der Waals surface area (Å²) in [4.78, 5) is 22.4. The van der Waals surface area contributed by atoms with Gasteiger partial charge in [0.25, 0.3) is 0 Å². The van der Waals surface area contributed by atoms with E-state index in [1.54, 1.807) is 0 Å². The predicted molar refractivity (Wildman–Crippen MR) is 103 cm³/mol. The molecule has 0 N–H and O–H groups in total. The number of carbonyl (C=O) groups excluding carboxylic acids is 2. The fourth-order valence-corrected chi connectivity index (χ4v) is 3.52. The highest BCUT2D eigenvalue weighted by atomic mass is 16.5. The molecular formula is C22H36O3. The lowest BCUT2D eigenvalue weighted by Crippen LogP contribution is -2.18. The van der Waals surface area contributed by atoms with Gasteiger partial charge in [0.05, 0.1) is 0 Å². The van der Waals surface area contributed by atoms with E-state index in [-0.39, 0.29) is 18.0 Å². The van der Waals surface area contributed by atoms with Crippen molar-refractivity contribution in [2.45, 2.75) is 90.6 Å². The van der Waals surface area contributed by atoms with E-state index in [2.05, 4.69) is 13.0 Å². The molecule has 1 aliphatic rings. The van der Waals surface area contributed by atoms with Crippen molar-refractivity contribution in [2.75, 3.05) is 0 Å². The molecule has 0 heterocycles. The predicted octanol–water partition coefficient (Wildman–Crippen LogP) is 5.79. The smallest absolute Gasteiger partial charge is 0.303 e. The number of rotatable bonds is 12. The van der Waals surface area contributed by atoms with Gasteiger partial charge in [0.1, 0.15) is 12.4 Å². The maximum absolute atomic E-state index is 11.3. The van der Waals surface area contributed by atoms with Crippen LogP contribution in [0.25, 0.3) is 0 Å². The molecule has 0 radical (unpaired) electrons. The number of carbonyl (C=O) groups is 2. The summed E-state index contributed by atoms with van der Waals surface area (Å²) >= 11 is 0. The molecule has 3 heteroatoms. The minimum absolute atomic E-state index is 0.137. The lowest BCUT2D eigenvalue weighted by atomic mass is 9.80. The quantitative estimate of drug-likeness (QED) is 0.194. The number of hydrogen-bond acceptors (Lipinski definition) is 3. The molecule has 1 fully saturated rings. The third kappa shape index (κ3) is 10.3. The van der Waals surface area contributed by atoms with Gasteiger partial charge in [-0.3, -0.25) is 4.79 Å². The molecule has 0 spiro atoms. The van der Waals surface area contributed by atoms with Gasteiger partial charge in [0.15, 0.2) is 0 Å². The lowest BCUT2D eigenvalue weighted by molar-refractivity contribution is -0.144. The van der Waals surface area contributed by atoms with Gasteiger partial charge >= 0.3 is 5.97 Å². The van der Waals surface area contributed by atoms with Crippen LogP contribution < -0.4 is 0 Å². The van der Waals surface area contributed by atoms with E-state index in [9.17, 15) is 9.59 Å². The van der Waals surface area contributed by atoms with E-state index in [0.717, 1.165) is 38.4 Å². The van der Waals surface area contributed by atoms with E-state index in [1.807, 2.05) is 18.2 Å². The summed E-state index contributed by atoms with van der Waals surface area (Å²) in [6, 6.07) is 0. The normalized spacial score (nSPS) is 22.3. The molecule has 3 nitrogen and oxygen atoms in total. The molecule has 0 aliphatic heterocycles. The van der Waals surface area contributed by atoms with E-state index in [4.69, 9.17) is 4.74 Å². The lowest BCUT2D eigenvalue weighted by Gasteiger charge is -2.24. The second-order valence-corrected chi connectivity index (χ2v) is 7.22. The summed E-state index contributed by atoms with van der Waals surface area (Å²) < 4.78 is 5.40. The average molecular weight is 349 g/mol. The van der Waals surface area contributed by atoms with Gasteiger partial charge in [-0.1, -0.05) is 70.1 Å². The van der Waals surface area contributed by atoms with Gasteiger partial charge < -0.3 is 9.53 Å². The summed E-state index contributed by atoms with van der Waals surface area (Å²) in [5.74, 6) is 0.311. The third-order valence-electron chi connectivity index (χ3n) is 5.00. The summed E-state index contributed by atoms with van der Waals surface area (Å²) in [6.45, 7) is 3.69. The maximum Gasteiger partial charge on any atom is 0.303 e. The van der Waals surface area contributed by atoms with Crippen molar-refractivity contribution < 1.29 is 14.3 Å². The standard InChI is InChI=1S/C22H36O3/c1-3-4-5-6-7-8-16-22(25-19(2)24)17-12-11-14-20-13-9-10-15-21(20)18-23/h11-12,14,17-18,20-22H,3-10,13,15-16H2,1-2H3/b14-11+,17-12+/t20-,21+,22?/m1/s1. The van der Waals surface area contributed by atoms with Crippen LogP contribution >= 0.6 is 0 Å². The number of aldehydes is 1. The van der Waals surface area contributed by atoms with Gasteiger partial charge in [-0.15, -0.1) is 0 Å². The van der Waals surface area contributed by atoms with Crippen LogP contribution in [0.3, 0.4) is 0 Å². The van der Waals surface area contributed by atoms with Gasteiger partial charge in [-0.05, 0) is 37.7 Å². The van der Waals surface area contributed by atoms with E-state index in [1.165, 1.54) is 45.4 Å². The number of esters is 1. The molecule has 142 valence electrons. The molecule has 25 heavy (non-hydrogen) atoms. The Balaban J connectivity index is 2.39. The van der Waals surface area contributed by atoms with Crippen molar-refractivity contribution in [3.8, 4) is 0 Å². The first-order valence-electron chi connectivity index (χ1n) is 10.1. The van der Waals surface area contributed by atoms with E-state index >= 15 is 0 Å². The molecule has 3 atom stereocenters. The average Bonchev–Trinajstić information content (AvgIpc) is 2.61. The van der Waals surface area contributed by atoms with Crippen LogP contribution in [-0.2, 0) is 14.3 Å². The van der Waals surface area contributed by atoms with Crippen LogP contribution in [0.15, 0.2) is 24.3 Å². The summed E-state index contributed by atoms with van der Waals surface area (Å²) in [7, 11) is 0. The number of unbranched alkanes of at least 4 members (excludes halogenated alkanes) is 5. The molecule has 0 bridgehead atoms. The van der Waals surface area contributed by atoms with Gasteiger partial charge in [-0.2, -0.15) is 0 Å².